The quantitative estimate of drug-likeness (QED) is 0.538. The largest absolute Gasteiger partial charge is 0.412 e. The number of alkyl halides is 1. The highest BCUT2D eigenvalue weighted by atomic mass is 28.4. The average molecular weight is 162 g/mol. The minimum Gasteiger partial charge on any atom is -0.412 e. The lowest BCUT2D eigenvalue weighted by Crippen LogP contribution is -2.40. The van der Waals surface area contributed by atoms with E-state index >= 15 is 0 Å². The standard InChI is InChI=1S/C7H15FOSi/c1-10(2)5-3-4-7(6-8)9-10/h7H,3-6H2,1-2H3. The summed E-state index contributed by atoms with van der Waals surface area (Å²) in [7, 11) is -1.41. The molecule has 1 fully saturated rings. The van der Waals surface area contributed by atoms with E-state index in [0.717, 1.165) is 12.8 Å². The van der Waals surface area contributed by atoms with Crippen molar-refractivity contribution in [2.75, 3.05) is 6.67 Å². The normalized spacial score (nSPS) is 32.1. The predicted octanol–water partition coefficient (Wildman–Crippen LogP) is 2.34. The summed E-state index contributed by atoms with van der Waals surface area (Å²) in [5.41, 5.74) is 0. The fraction of sp³-hybridized carbons (Fsp3) is 1.00. The van der Waals surface area contributed by atoms with Gasteiger partial charge >= 0.3 is 0 Å². The molecule has 1 aliphatic heterocycles. The molecule has 1 rings (SSSR count). The highest BCUT2D eigenvalue weighted by molar-refractivity contribution is 6.71. The van der Waals surface area contributed by atoms with Gasteiger partial charge in [0.15, 0.2) is 8.32 Å². The minimum atomic E-state index is -1.41. The maximum atomic E-state index is 12.1. The molecule has 3 heteroatoms. The second kappa shape index (κ2) is 3.01. The Kier molecular flexibility index (Phi) is 2.47. The van der Waals surface area contributed by atoms with Crippen LogP contribution in [0.5, 0.6) is 0 Å². The number of hydrogen-bond donors (Lipinski definition) is 0. The molecule has 1 unspecified atom stereocenters. The Morgan fingerprint density at radius 1 is 1.60 bits per heavy atom. The van der Waals surface area contributed by atoms with Crippen LogP contribution in [0.15, 0.2) is 0 Å². The lowest BCUT2D eigenvalue weighted by atomic mass is 10.2. The molecule has 1 heterocycles. The van der Waals surface area contributed by atoms with Crippen LogP contribution in [0.2, 0.25) is 19.1 Å². The zero-order valence-electron chi connectivity index (χ0n) is 6.69. The Morgan fingerprint density at radius 2 is 2.30 bits per heavy atom. The van der Waals surface area contributed by atoms with Crippen LogP contribution >= 0.6 is 0 Å². The van der Waals surface area contributed by atoms with Crippen LogP contribution in [-0.2, 0) is 4.43 Å². The molecule has 0 aromatic heterocycles. The van der Waals surface area contributed by atoms with E-state index in [2.05, 4.69) is 13.1 Å². The van der Waals surface area contributed by atoms with Crippen LogP contribution in [0.25, 0.3) is 0 Å². The monoisotopic (exact) mass is 162 g/mol. The Balaban J connectivity index is 2.40. The third kappa shape index (κ3) is 2.06. The van der Waals surface area contributed by atoms with Gasteiger partial charge in [-0.1, -0.05) is 6.42 Å². The molecule has 0 aromatic carbocycles. The van der Waals surface area contributed by atoms with Gasteiger partial charge in [0.2, 0.25) is 0 Å². The Hall–Kier alpha value is 0.107. The summed E-state index contributed by atoms with van der Waals surface area (Å²) in [6, 6.07) is 1.20. The van der Waals surface area contributed by atoms with Gasteiger partial charge in [0.25, 0.3) is 0 Å². The molecule has 0 saturated carbocycles. The Morgan fingerprint density at radius 3 is 2.70 bits per heavy atom. The van der Waals surface area contributed by atoms with Crippen molar-refractivity contribution in [2.45, 2.75) is 38.1 Å². The van der Waals surface area contributed by atoms with Gasteiger partial charge in [-0.3, -0.25) is 0 Å². The predicted molar refractivity (Wildman–Crippen MR) is 42.4 cm³/mol. The van der Waals surface area contributed by atoms with Gasteiger partial charge in [0.05, 0.1) is 6.10 Å². The number of hydrogen-bond acceptors (Lipinski definition) is 1. The molecule has 60 valence electrons. The summed E-state index contributed by atoms with van der Waals surface area (Å²) in [4.78, 5) is 0. The van der Waals surface area contributed by atoms with Crippen molar-refractivity contribution < 1.29 is 8.82 Å². The first kappa shape index (κ1) is 8.21. The molecule has 0 aromatic rings. The van der Waals surface area contributed by atoms with Gasteiger partial charge in [-0.05, 0) is 25.6 Å². The molecule has 1 nitrogen and oxygen atoms in total. The first-order valence-electron chi connectivity index (χ1n) is 3.88. The lowest BCUT2D eigenvalue weighted by Gasteiger charge is -2.32. The van der Waals surface area contributed by atoms with Crippen LogP contribution < -0.4 is 0 Å². The van der Waals surface area contributed by atoms with Crippen molar-refractivity contribution in [3.8, 4) is 0 Å². The Labute approximate surface area is 62.7 Å². The van der Waals surface area contributed by atoms with Gasteiger partial charge in [-0.2, -0.15) is 0 Å². The van der Waals surface area contributed by atoms with E-state index in [0.29, 0.717) is 0 Å². The van der Waals surface area contributed by atoms with Crippen LogP contribution in [0.4, 0.5) is 4.39 Å². The van der Waals surface area contributed by atoms with E-state index in [1.54, 1.807) is 0 Å². The number of halogens is 1. The summed E-state index contributed by atoms with van der Waals surface area (Å²) in [5.74, 6) is 0. The molecule has 0 N–H and O–H groups in total. The smallest absolute Gasteiger partial charge is 0.187 e. The molecular formula is C7H15FOSi. The van der Waals surface area contributed by atoms with Crippen molar-refractivity contribution in [1.29, 1.82) is 0 Å². The van der Waals surface area contributed by atoms with E-state index in [-0.39, 0.29) is 12.8 Å². The molecule has 1 aliphatic rings. The second-order valence-corrected chi connectivity index (χ2v) is 7.80. The van der Waals surface area contributed by atoms with Crippen LogP contribution in [0.1, 0.15) is 12.8 Å². The van der Waals surface area contributed by atoms with E-state index in [1.807, 2.05) is 0 Å². The summed E-state index contributed by atoms with van der Waals surface area (Å²) in [5, 5.41) is 0. The molecule has 0 radical (unpaired) electrons. The van der Waals surface area contributed by atoms with Crippen LogP contribution in [-0.4, -0.2) is 21.1 Å². The first-order chi connectivity index (χ1) is 4.64. The molecule has 1 saturated heterocycles. The lowest BCUT2D eigenvalue weighted by molar-refractivity contribution is 0.129. The van der Waals surface area contributed by atoms with Gasteiger partial charge in [-0.15, -0.1) is 0 Å². The maximum Gasteiger partial charge on any atom is 0.187 e. The second-order valence-electron chi connectivity index (χ2n) is 3.55. The van der Waals surface area contributed by atoms with Gasteiger partial charge < -0.3 is 4.43 Å². The zero-order chi connectivity index (χ0) is 7.61. The van der Waals surface area contributed by atoms with E-state index < -0.39 is 8.32 Å². The third-order valence-electron chi connectivity index (χ3n) is 1.96. The summed E-state index contributed by atoms with van der Waals surface area (Å²) in [6.45, 7) is 4.03. The molecule has 0 aliphatic carbocycles. The first-order valence-corrected chi connectivity index (χ1v) is 6.99. The molecular weight excluding hydrogens is 147 g/mol. The van der Waals surface area contributed by atoms with Crippen molar-refractivity contribution in [3.05, 3.63) is 0 Å². The highest BCUT2D eigenvalue weighted by Gasteiger charge is 2.30. The maximum absolute atomic E-state index is 12.1. The fourth-order valence-corrected chi connectivity index (χ4v) is 3.69. The van der Waals surface area contributed by atoms with Crippen LogP contribution in [0.3, 0.4) is 0 Å². The minimum absolute atomic E-state index is 0.0737. The molecule has 0 bridgehead atoms. The van der Waals surface area contributed by atoms with Crippen molar-refractivity contribution in [3.63, 3.8) is 0 Å². The van der Waals surface area contributed by atoms with E-state index in [1.165, 1.54) is 6.04 Å². The number of rotatable bonds is 1. The van der Waals surface area contributed by atoms with Crippen LogP contribution in [0, 0.1) is 0 Å². The average Bonchev–Trinajstić information content (AvgIpc) is 1.86. The topological polar surface area (TPSA) is 9.23 Å². The van der Waals surface area contributed by atoms with E-state index in [9.17, 15) is 4.39 Å². The van der Waals surface area contributed by atoms with Crippen molar-refractivity contribution in [2.24, 2.45) is 0 Å². The zero-order valence-corrected chi connectivity index (χ0v) is 7.69. The van der Waals surface area contributed by atoms with Crippen molar-refractivity contribution in [1.82, 2.24) is 0 Å². The summed E-state index contributed by atoms with van der Waals surface area (Å²) < 4.78 is 17.7. The molecule has 10 heavy (non-hydrogen) atoms. The Bertz CT molecular complexity index is 116. The third-order valence-corrected chi connectivity index (χ3v) is 4.49. The van der Waals surface area contributed by atoms with Gasteiger partial charge in [0.1, 0.15) is 6.67 Å². The van der Waals surface area contributed by atoms with E-state index in [4.69, 9.17) is 4.43 Å². The fourth-order valence-electron chi connectivity index (χ4n) is 1.43. The molecule has 1 atom stereocenters. The molecule has 0 amide bonds. The highest BCUT2D eigenvalue weighted by Crippen LogP contribution is 2.25. The molecule has 0 spiro atoms. The van der Waals surface area contributed by atoms with Gasteiger partial charge in [-0.25, -0.2) is 4.39 Å². The SMILES string of the molecule is C[Si]1(C)CCCC(CF)O1. The summed E-state index contributed by atoms with van der Waals surface area (Å²) >= 11 is 0. The van der Waals surface area contributed by atoms with Gasteiger partial charge in [0, 0.05) is 0 Å². The van der Waals surface area contributed by atoms with Crippen molar-refractivity contribution >= 4 is 8.32 Å². The summed E-state index contributed by atoms with van der Waals surface area (Å²) in [6.07, 6.45) is 2.01.